The van der Waals surface area contributed by atoms with Crippen LogP contribution in [-0.4, -0.2) is 19.5 Å². The number of rotatable bonds is 4. The van der Waals surface area contributed by atoms with Crippen molar-refractivity contribution < 1.29 is 4.40 Å². The molecule has 5 nitrogen and oxygen atoms in total. The van der Waals surface area contributed by atoms with Gasteiger partial charge in [-0.05, 0) is 13.8 Å². The first kappa shape index (κ1) is 15.9. The van der Waals surface area contributed by atoms with Gasteiger partial charge in [0.05, 0.1) is 17.1 Å². The van der Waals surface area contributed by atoms with Crippen molar-refractivity contribution in [2.24, 2.45) is 7.05 Å². The topological polar surface area (TPSA) is 50.6 Å². The maximum Gasteiger partial charge on any atom is 0.401 e. The van der Waals surface area contributed by atoms with Crippen molar-refractivity contribution in [1.29, 1.82) is 0 Å². The van der Waals surface area contributed by atoms with Gasteiger partial charge in [0, 0.05) is 24.9 Å². The van der Waals surface area contributed by atoms with E-state index < -0.39 is 0 Å². The van der Waals surface area contributed by atoms with Crippen molar-refractivity contribution in [3.63, 3.8) is 0 Å². The van der Waals surface area contributed by atoms with Gasteiger partial charge in [0.25, 0.3) is 0 Å². The number of benzene rings is 1. The number of hydrogen-bond acceptors (Lipinski definition) is 3. The second kappa shape index (κ2) is 6.37. The predicted molar refractivity (Wildman–Crippen MR) is 99.4 cm³/mol. The molecule has 0 aliphatic carbocycles. The van der Waals surface area contributed by atoms with E-state index in [1.54, 1.807) is 11.8 Å². The molecule has 0 radical (unpaired) electrons. The van der Waals surface area contributed by atoms with Gasteiger partial charge in [-0.2, -0.15) is 0 Å². The van der Waals surface area contributed by atoms with Crippen LogP contribution >= 0.6 is 11.8 Å². The molecule has 4 rings (SSSR count). The number of thioether (sulfide) groups is 1. The van der Waals surface area contributed by atoms with Crippen molar-refractivity contribution in [3.8, 4) is 11.3 Å². The second-order valence-corrected chi connectivity index (χ2v) is 7.13. The minimum absolute atomic E-state index is 0.820. The summed E-state index contributed by atoms with van der Waals surface area (Å²) in [6.07, 6.45) is 4.19. The molecule has 0 spiro atoms. The van der Waals surface area contributed by atoms with Gasteiger partial charge >= 0.3 is 5.78 Å². The zero-order valence-corrected chi connectivity index (χ0v) is 15.3. The highest BCUT2D eigenvalue weighted by atomic mass is 32.2. The number of nitrogens with one attached hydrogen (secondary N) is 1. The van der Waals surface area contributed by atoms with Crippen LogP contribution in [0.2, 0.25) is 0 Å². The van der Waals surface area contributed by atoms with Crippen LogP contribution in [0.25, 0.3) is 17.0 Å². The number of aromatic nitrogens is 5. The summed E-state index contributed by atoms with van der Waals surface area (Å²) in [5.74, 6) is 1.71. The SMILES string of the molecule is Cc1cc(C)[n+]2cc(CSc3nc(-c4ccccc4)cn3C)[nH]c2n1. The van der Waals surface area contributed by atoms with Crippen LogP contribution in [0.4, 0.5) is 0 Å². The summed E-state index contributed by atoms with van der Waals surface area (Å²) in [6.45, 7) is 4.11. The van der Waals surface area contributed by atoms with Gasteiger partial charge in [-0.3, -0.25) is 0 Å². The van der Waals surface area contributed by atoms with E-state index in [1.807, 2.05) is 32.2 Å². The molecule has 0 saturated heterocycles. The van der Waals surface area contributed by atoms with E-state index in [-0.39, 0.29) is 0 Å². The first-order chi connectivity index (χ1) is 12.1. The van der Waals surface area contributed by atoms with Gasteiger partial charge in [-0.25, -0.2) is 14.4 Å². The Labute approximate surface area is 150 Å². The zero-order chi connectivity index (χ0) is 17.4. The van der Waals surface area contributed by atoms with E-state index >= 15 is 0 Å². The molecule has 4 aromatic rings. The Kier molecular flexibility index (Phi) is 4.05. The first-order valence-corrected chi connectivity index (χ1v) is 9.18. The molecule has 0 aliphatic heterocycles. The summed E-state index contributed by atoms with van der Waals surface area (Å²) in [6, 6.07) is 12.4. The minimum Gasteiger partial charge on any atom is -0.328 e. The molecule has 25 heavy (non-hydrogen) atoms. The van der Waals surface area contributed by atoms with Crippen LogP contribution in [-0.2, 0) is 12.8 Å². The maximum absolute atomic E-state index is 4.77. The van der Waals surface area contributed by atoms with E-state index in [2.05, 4.69) is 56.5 Å². The highest BCUT2D eigenvalue weighted by molar-refractivity contribution is 7.98. The Morgan fingerprint density at radius 2 is 1.96 bits per heavy atom. The molecule has 3 aromatic heterocycles. The summed E-state index contributed by atoms with van der Waals surface area (Å²) < 4.78 is 4.17. The first-order valence-electron chi connectivity index (χ1n) is 8.19. The molecule has 6 heteroatoms. The summed E-state index contributed by atoms with van der Waals surface area (Å²) in [5.41, 5.74) is 5.48. The smallest absolute Gasteiger partial charge is 0.328 e. The Morgan fingerprint density at radius 3 is 2.76 bits per heavy atom. The molecule has 0 fully saturated rings. The minimum atomic E-state index is 0.820. The van der Waals surface area contributed by atoms with Crippen molar-refractivity contribution in [2.45, 2.75) is 24.8 Å². The van der Waals surface area contributed by atoms with E-state index in [0.29, 0.717) is 0 Å². The molecule has 126 valence electrons. The molecule has 0 bridgehead atoms. The third-order valence-electron chi connectivity index (χ3n) is 4.13. The number of imidazole rings is 2. The van der Waals surface area contributed by atoms with Crippen molar-refractivity contribution in [1.82, 2.24) is 19.5 Å². The van der Waals surface area contributed by atoms with Crippen molar-refractivity contribution in [2.75, 3.05) is 0 Å². The monoisotopic (exact) mass is 350 g/mol. The fourth-order valence-corrected chi connectivity index (χ4v) is 3.77. The standard InChI is InChI=1S/C19H19N5S/c1-13-9-14(2)24-10-16(21-18(24)20-13)12-25-19-22-17(11-23(19)3)15-7-5-4-6-8-15/h4-11H,12H2,1-3H3/p+1. The van der Waals surface area contributed by atoms with Crippen LogP contribution in [0.3, 0.4) is 0 Å². The number of H-pyrrole nitrogens is 1. The molecule has 0 unspecified atom stereocenters. The van der Waals surface area contributed by atoms with Crippen LogP contribution in [0.15, 0.2) is 53.9 Å². The number of nitrogens with zero attached hydrogens (tertiary/aromatic N) is 4. The van der Waals surface area contributed by atoms with Gasteiger partial charge in [0.1, 0.15) is 17.6 Å². The Balaban J connectivity index is 1.56. The van der Waals surface area contributed by atoms with Crippen molar-refractivity contribution >= 4 is 17.5 Å². The summed E-state index contributed by atoms with van der Waals surface area (Å²) in [4.78, 5) is 12.7. The third-order valence-corrected chi connectivity index (χ3v) is 5.22. The average molecular weight is 350 g/mol. The lowest BCUT2D eigenvalue weighted by molar-refractivity contribution is -0.520. The van der Waals surface area contributed by atoms with Crippen LogP contribution in [0.1, 0.15) is 17.1 Å². The van der Waals surface area contributed by atoms with Gasteiger partial charge in [0.15, 0.2) is 5.16 Å². The Hall–Kier alpha value is -2.60. The normalized spacial score (nSPS) is 11.3. The lowest BCUT2D eigenvalue weighted by Gasteiger charge is -1.97. The van der Waals surface area contributed by atoms with E-state index in [4.69, 9.17) is 4.98 Å². The Morgan fingerprint density at radius 1 is 1.16 bits per heavy atom. The molecule has 1 aromatic carbocycles. The molecule has 0 amide bonds. The molecule has 3 heterocycles. The van der Waals surface area contributed by atoms with E-state index in [0.717, 1.165) is 39.3 Å². The highest BCUT2D eigenvalue weighted by Gasteiger charge is 2.14. The number of aryl methyl sites for hydroxylation is 3. The maximum atomic E-state index is 4.77. The molecule has 1 N–H and O–H groups in total. The molecular formula is C19H20N5S+. The van der Waals surface area contributed by atoms with Gasteiger partial charge in [0.2, 0.25) is 0 Å². The zero-order valence-electron chi connectivity index (χ0n) is 14.5. The van der Waals surface area contributed by atoms with Crippen molar-refractivity contribution in [3.05, 3.63) is 65.9 Å². The number of aromatic amines is 1. The van der Waals surface area contributed by atoms with Gasteiger partial charge in [-0.1, -0.05) is 47.1 Å². The van der Waals surface area contributed by atoms with E-state index in [1.165, 1.54) is 5.69 Å². The fourth-order valence-electron chi connectivity index (χ4n) is 2.92. The quantitative estimate of drug-likeness (QED) is 0.453. The van der Waals surface area contributed by atoms with Gasteiger partial charge < -0.3 is 4.57 Å². The van der Waals surface area contributed by atoms with Crippen LogP contribution in [0, 0.1) is 13.8 Å². The fraction of sp³-hybridized carbons (Fsp3) is 0.211. The molecule has 0 saturated carbocycles. The van der Waals surface area contributed by atoms with Crippen LogP contribution in [0.5, 0.6) is 0 Å². The van der Waals surface area contributed by atoms with Gasteiger partial charge in [-0.15, -0.1) is 0 Å². The second-order valence-electron chi connectivity index (χ2n) is 6.19. The third kappa shape index (κ3) is 3.17. The van der Waals surface area contributed by atoms with E-state index in [9.17, 15) is 0 Å². The molecular weight excluding hydrogens is 330 g/mol. The highest BCUT2D eigenvalue weighted by Crippen LogP contribution is 2.25. The molecule has 0 aliphatic rings. The summed E-state index contributed by atoms with van der Waals surface area (Å²) in [5, 5.41) is 1.00. The lowest BCUT2D eigenvalue weighted by atomic mass is 10.2. The largest absolute Gasteiger partial charge is 0.401 e. The summed E-state index contributed by atoms with van der Waals surface area (Å²) in [7, 11) is 2.04. The predicted octanol–water partition coefficient (Wildman–Crippen LogP) is 3.46. The Bertz CT molecular complexity index is 1030. The number of hydrogen-bond donors (Lipinski definition) is 1. The number of fused-ring (bicyclic) bond motifs is 1. The molecule has 0 atom stereocenters. The average Bonchev–Trinajstić information content (AvgIpc) is 3.17. The summed E-state index contributed by atoms with van der Waals surface area (Å²) >= 11 is 1.72. The lowest BCUT2D eigenvalue weighted by Crippen LogP contribution is -2.24. The van der Waals surface area contributed by atoms with Crippen LogP contribution < -0.4 is 4.40 Å².